The van der Waals surface area contributed by atoms with E-state index in [1.165, 1.54) is 19.4 Å². The third kappa shape index (κ3) is 2.96. The van der Waals surface area contributed by atoms with Gasteiger partial charge in [-0.25, -0.2) is 0 Å². The zero-order valence-corrected chi connectivity index (χ0v) is 16.0. The first-order valence-electron chi connectivity index (χ1n) is 7.94. The molecule has 2 atom stereocenters. The number of carbonyl (C=O) groups excluding carboxylic acids is 3. The van der Waals surface area contributed by atoms with Crippen LogP contribution < -0.4 is 4.74 Å². The fourth-order valence-corrected chi connectivity index (χ4v) is 3.75. The molecule has 0 fully saturated rings. The van der Waals surface area contributed by atoms with Gasteiger partial charge in [-0.15, -0.1) is 0 Å². The molecule has 136 valence electrons. The standard InChI is InChI=1S/C19H17BrO6/c1-19(2,18(23)24-3)15-11-9-10(20)6-7-12(11)26-17(22)14(15)16(21)13-5-4-8-25-13/h4-9,14-15H,1-3H3/t14-,15-/m1/s1. The van der Waals surface area contributed by atoms with Crippen LogP contribution >= 0.6 is 15.9 Å². The van der Waals surface area contributed by atoms with Gasteiger partial charge in [0.2, 0.25) is 5.78 Å². The number of fused-ring (bicyclic) bond motifs is 1. The molecule has 0 aliphatic carbocycles. The number of rotatable bonds is 4. The van der Waals surface area contributed by atoms with Crippen LogP contribution in [0.15, 0.2) is 45.5 Å². The lowest BCUT2D eigenvalue weighted by molar-refractivity contribution is -0.155. The predicted octanol–water partition coefficient (Wildman–Crippen LogP) is 3.74. The maximum atomic E-state index is 13.0. The van der Waals surface area contributed by atoms with E-state index in [0.29, 0.717) is 11.3 Å². The molecule has 1 aromatic carbocycles. The van der Waals surface area contributed by atoms with Gasteiger partial charge in [0.1, 0.15) is 11.7 Å². The molecule has 0 amide bonds. The highest BCUT2D eigenvalue weighted by molar-refractivity contribution is 9.10. The van der Waals surface area contributed by atoms with Crippen LogP contribution in [-0.2, 0) is 14.3 Å². The topological polar surface area (TPSA) is 82.8 Å². The van der Waals surface area contributed by atoms with Crippen molar-refractivity contribution in [1.29, 1.82) is 0 Å². The van der Waals surface area contributed by atoms with Crippen molar-refractivity contribution in [3.8, 4) is 5.75 Å². The largest absolute Gasteiger partial charge is 0.469 e. The normalized spacial score (nSPS) is 19.5. The monoisotopic (exact) mass is 420 g/mol. The number of ketones is 1. The van der Waals surface area contributed by atoms with Gasteiger partial charge in [-0.05, 0) is 44.2 Å². The van der Waals surface area contributed by atoms with Crippen LogP contribution in [0.3, 0.4) is 0 Å². The van der Waals surface area contributed by atoms with E-state index in [-0.39, 0.29) is 5.76 Å². The highest BCUT2D eigenvalue weighted by Gasteiger charge is 2.53. The van der Waals surface area contributed by atoms with E-state index in [0.717, 1.165) is 4.47 Å². The lowest BCUT2D eigenvalue weighted by Gasteiger charge is -2.39. The second kappa shape index (κ2) is 6.72. The summed E-state index contributed by atoms with van der Waals surface area (Å²) >= 11 is 3.39. The molecule has 2 heterocycles. The Bertz CT molecular complexity index is 868. The molecule has 0 unspecified atom stereocenters. The van der Waals surface area contributed by atoms with Gasteiger partial charge in [0, 0.05) is 16.0 Å². The van der Waals surface area contributed by atoms with Crippen LogP contribution in [0.25, 0.3) is 0 Å². The molecule has 0 bridgehead atoms. The summed E-state index contributed by atoms with van der Waals surface area (Å²) in [6.45, 7) is 3.30. The summed E-state index contributed by atoms with van der Waals surface area (Å²) in [5, 5.41) is 0. The average molecular weight is 421 g/mol. The molecule has 0 saturated heterocycles. The molecule has 0 saturated carbocycles. The number of hydrogen-bond acceptors (Lipinski definition) is 6. The second-order valence-electron chi connectivity index (χ2n) is 6.61. The Labute approximate surface area is 158 Å². The smallest absolute Gasteiger partial charge is 0.323 e. The van der Waals surface area contributed by atoms with Crippen molar-refractivity contribution in [2.45, 2.75) is 19.8 Å². The van der Waals surface area contributed by atoms with Gasteiger partial charge in [-0.2, -0.15) is 0 Å². The Morgan fingerprint density at radius 3 is 2.58 bits per heavy atom. The molecule has 1 aliphatic heterocycles. The van der Waals surface area contributed by atoms with Gasteiger partial charge in [0.05, 0.1) is 18.8 Å². The van der Waals surface area contributed by atoms with Gasteiger partial charge in [-0.3, -0.25) is 14.4 Å². The molecule has 26 heavy (non-hydrogen) atoms. The number of furan rings is 1. The summed E-state index contributed by atoms with van der Waals surface area (Å²) < 4.78 is 16.2. The maximum absolute atomic E-state index is 13.0. The minimum absolute atomic E-state index is 0.0380. The fourth-order valence-electron chi connectivity index (χ4n) is 3.37. The quantitative estimate of drug-likeness (QED) is 0.324. The minimum atomic E-state index is -1.22. The van der Waals surface area contributed by atoms with Crippen molar-refractivity contribution >= 4 is 33.7 Å². The molecule has 0 spiro atoms. The molecule has 0 N–H and O–H groups in total. The summed E-state index contributed by atoms with van der Waals surface area (Å²) in [6, 6.07) is 8.15. The molecule has 6 nitrogen and oxygen atoms in total. The number of benzene rings is 1. The highest BCUT2D eigenvalue weighted by atomic mass is 79.9. The molecule has 7 heteroatoms. The van der Waals surface area contributed by atoms with E-state index in [2.05, 4.69) is 15.9 Å². The predicted molar refractivity (Wildman–Crippen MR) is 94.8 cm³/mol. The average Bonchev–Trinajstić information content (AvgIpc) is 3.14. The SMILES string of the molecule is COC(=O)C(C)(C)[C@@H]1c2cc(Br)ccc2OC(=O)[C@H]1C(=O)c1ccco1. The Kier molecular flexibility index (Phi) is 4.75. The van der Waals surface area contributed by atoms with Crippen molar-refractivity contribution in [1.82, 2.24) is 0 Å². The van der Waals surface area contributed by atoms with Crippen molar-refractivity contribution in [3.63, 3.8) is 0 Å². The molecule has 0 radical (unpaired) electrons. The first-order valence-corrected chi connectivity index (χ1v) is 8.74. The second-order valence-corrected chi connectivity index (χ2v) is 7.53. The summed E-state index contributed by atoms with van der Waals surface area (Å²) in [7, 11) is 1.27. The summed E-state index contributed by atoms with van der Waals surface area (Å²) in [6.07, 6.45) is 1.35. The summed E-state index contributed by atoms with van der Waals surface area (Å²) in [5.74, 6) is -3.42. The number of hydrogen-bond donors (Lipinski definition) is 0. The summed E-state index contributed by atoms with van der Waals surface area (Å²) in [4.78, 5) is 38.1. The molecular weight excluding hydrogens is 404 g/mol. The van der Waals surface area contributed by atoms with E-state index in [9.17, 15) is 14.4 Å². The third-order valence-corrected chi connectivity index (χ3v) is 5.13. The Hall–Kier alpha value is -2.41. The molecule has 3 rings (SSSR count). The number of carbonyl (C=O) groups is 3. The van der Waals surface area contributed by atoms with E-state index < -0.39 is 35.0 Å². The van der Waals surface area contributed by atoms with Crippen LogP contribution in [0.2, 0.25) is 0 Å². The van der Waals surface area contributed by atoms with Gasteiger partial charge >= 0.3 is 11.9 Å². The van der Waals surface area contributed by atoms with Gasteiger partial charge < -0.3 is 13.9 Å². The van der Waals surface area contributed by atoms with Gasteiger partial charge in [-0.1, -0.05) is 15.9 Å². The maximum Gasteiger partial charge on any atom is 0.323 e. The number of ether oxygens (including phenoxy) is 2. The highest BCUT2D eigenvalue weighted by Crippen LogP contribution is 2.50. The van der Waals surface area contributed by atoms with Crippen LogP contribution in [0.1, 0.15) is 35.9 Å². The van der Waals surface area contributed by atoms with E-state index in [1.807, 2.05) is 0 Å². The minimum Gasteiger partial charge on any atom is -0.469 e. The van der Waals surface area contributed by atoms with Crippen molar-refractivity contribution in [2.75, 3.05) is 7.11 Å². The zero-order chi connectivity index (χ0) is 19.1. The Balaban J connectivity index is 2.20. The lowest BCUT2D eigenvalue weighted by atomic mass is 9.65. The number of halogens is 1. The third-order valence-electron chi connectivity index (χ3n) is 4.64. The summed E-state index contributed by atoms with van der Waals surface area (Å²) in [5.41, 5.74) is -0.573. The molecule has 2 aromatic rings. The number of Topliss-reactive ketones (excluding diaryl/α,β-unsaturated/α-hetero) is 1. The van der Waals surface area contributed by atoms with Crippen LogP contribution in [0.5, 0.6) is 5.75 Å². The Morgan fingerprint density at radius 1 is 1.23 bits per heavy atom. The van der Waals surface area contributed by atoms with E-state index >= 15 is 0 Å². The van der Waals surface area contributed by atoms with Crippen LogP contribution in [0, 0.1) is 11.3 Å². The van der Waals surface area contributed by atoms with Crippen LogP contribution in [-0.4, -0.2) is 24.8 Å². The number of esters is 2. The van der Waals surface area contributed by atoms with Gasteiger partial charge in [0.15, 0.2) is 5.76 Å². The number of methoxy groups -OCH3 is 1. The Morgan fingerprint density at radius 2 is 1.96 bits per heavy atom. The van der Waals surface area contributed by atoms with Crippen molar-refractivity contribution in [3.05, 3.63) is 52.4 Å². The lowest BCUT2D eigenvalue weighted by Crippen LogP contribution is -2.46. The van der Waals surface area contributed by atoms with Crippen molar-refractivity contribution in [2.24, 2.45) is 11.3 Å². The van der Waals surface area contributed by atoms with Gasteiger partial charge in [0.25, 0.3) is 0 Å². The van der Waals surface area contributed by atoms with E-state index in [4.69, 9.17) is 13.9 Å². The van der Waals surface area contributed by atoms with Crippen LogP contribution in [0.4, 0.5) is 0 Å². The molecular formula is C19H17BrO6. The first-order chi connectivity index (χ1) is 12.3. The van der Waals surface area contributed by atoms with E-state index in [1.54, 1.807) is 38.1 Å². The molecule has 1 aromatic heterocycles. The van der Waals surface area contributed by atoms with Crippen molar-refractivity contribution < 1.29 is 28.3 Å². The molecule has 1 aliphatic rings. The fraction of sp³-hybridized carbons (Fsp3) is 0.316. The first kappa shape index (κ1) is 18.4. The zero-order valence-electron chi connectivity index (χ0n) is 14.4.